The smallest absolute Gasteiger partial charge is 0.408 e. The molecule has 6 aromatic carbocycles. The van der Waals surface area contributed by atoms with Crippen LogP contribution in [0.1, 0.15) is 65.9 Å². The Kier molecular flexibility index (Phi) is 17.0. The average molecular weight is 995 g/mol. The van der Waals surface area contributed by atoms with E-state index in [0.717, 1.165) is 27.8 Å². The number of alkyl carbamates (subject to hydrolysis) is 1. The van der Waals surface area contributed by atoms with Crippen LogP contribution in [0.3, 0.4) is 0 Å². The minimum Gasteiger partial charge on any atom is -0.467 e. The summed E-state index contributed by atoms with van der Waals surface area (Å²) in [7, 11) is -3.27. The number of hydrogen-bond donors (Lipinski definition) is 1. The highest BCUT2D eigenvalue weighted by Gasteiger charge is 2.52. The van der Waals surface area contributed by atoms with Gasteiger partial charge < -0.3 is 38.5 Å². The number of carbonyl (C=O) groups is 2. The summed E-state index contributed by atoms with van der Waals surface area (Å²) in [5.41, 5.74) is 4.35. The van der Waals surface area contributed by atoms with E-state index in [1.54, 1.807) is 69.3 Å². The van der Waals surface area contributed by atoms with Crippen LogP contribution in [-0.4, -0.2) is 74.2 Å². The third-order valence-corrected chi connectivity index (χ3v) is 14.0. The summed E-state index contributed by atoms with van der Waals surface area (Å²) < 4.78 is 78.6. The Morgan fingerprint density at radius 2 is 1.12 bits per heavy atom. The molecule has 6 atom stereocenters. The fraction of sp³-hybridized carbons (Fsp3) is 0.310. The zero-order valence-corrected chi connectivity index (χ0v) is 42.0. The van der Waals surface area contributed by atoms with Crippen molar-refractivity contribution in [2.45, 2.75) is 108 Å². The summed E-state index contributed by atoms with van der Waals surface area (Å²) in [5, 5.41) is 3.20. The quantitative estimate of drug-likeness (QED) is 0.0727. The number of carbonyl (C=O) groups excluding carboxylic acids is 2. The third-order valence-electron chi connectivity index (χ3n) is 12.3. The number of esters is 1. The minimum atomic E-state index is -4.49. The lowest BCUT2D eigenvalue weighted by molar-refractivity contribution is -0.276. The Bertz CT molecular complexity index is 2960. The maximum absolute atomic E-state index is 15.7. The Balaban J connectivity index is 1.36. The second kappa shape index (κ2) is 23.7. The predicted molar refractivity (Wildman–Crippen MR) is 273 cm³/mol. The van der Waals surface area contributed by atoms with E-state index in [2.05, 4.69) is 5.32 Å². The van der Waals surface area contributed by atoms with Gasteiger partial charge in [-0.3, -0.25) is 0 Å². The van der Waals surface area contributed by atoms with Crippen molar-refractivity contribution in [2.75, 3.05) is 13.7 Å². The van der Waals surface area contributed by atoms with Crippen molar-refractivity contribution in [1.82, 2.24) is 9.29 Å². The van der Waals surface area contributed by atoms with Gasteiger partial charge in [0.1, 0.15) is 42.2 Å². The van der Waals surface area contributed by atoms with Crippen molar-refractivity contribution in [2.24, 2.45) is 0 Å². The van der Waals surface area contributed by atoms with Crippen LogP contribution in [0.25, 0.3) is 10.9 Å². The molecule has 1 N–H and O–H groups in total. The molecule has 0 bridgehead atoms. The van der Waals surface area contributed by atoms with Gasteiger partial charge in [0.05, 0.1) is 56.3 Å². The molecule has 1 saturated heterocycles. The molecule has 7 aromatic rings. The number of aromatic nitrogens is 1. The lowest BCUT2D eigenvalue weighted by atomic mass is 9.89. The molecule has 2 heterocycles. The van der Waals surface area contributed by atoms with E-state index in [4.69, 9.17) is 33.2 Å². The highest BCUT2D eigenvalue weighted by atomic mass is 32.2. The number of rotatable bonds is 20. The second-order valence-electron chi connectivity index (χ2n) is 18.8. The number of benzene rings is 6. The van der Waals surface area contributed by atoms with Crippen molar-refractivity contribution in [3.05, 3.63) is 209 Å². The molecule has 0 aliphatic carbocycles. The van der Waals surface area contributed by atoms with E-state index in [1.807, 2.05) is 128 Å². The summed E-state index contributed by atoms with van der Waals surface area (Å²) in [6, 6.07) is 51.1. The maximum Gasteiger partial charge on any atom is 0.408 e. The molecule has 0 spiro atoms. The maximum atomic E-state index is 15.7. The molecule has 1 fully saturated rings. The summed E-state index contributed by atoms with van der Waals surface area (Å²) >= 11 is 0. The first-order valence-corrected chi connectivity index (χ1v) is 25.5. The molecule has 72 heavy (non-hydrogen) atoms. The van der Waals surface area contributed by atoms with Crippen molar-refractivity contribution in [3.63, 3.8) is 0 Å². The first-order chi connectivity index (χ1) is 34.8. The van der Waals surface area contributed by atoms with Gasteiger partial charge in [0.2, 0.25) is 0 Å². The number of aryl methyl sites for hydroxylation is 1. The molecule has 0 saturated carbocycles. The summed E-state index contributed by atoms with van der Waals surface area (Å²) in [4.78, 5) is 27.4. The Morgan fingerprint density at radius 1 is 0.639 bits per heavy atom. The zero-order chi connectivity index (χ0) is 50.7. The van der Waals surface area contributed by atoms with Crippen LogP contribution >= 0.6 is 0 Å². The number of para-hydroxylation sites is 1. The van der Waals surface area contributed by atoms with E-state index < -0.39 is 64.2 Å². The van der Waals surface area contributed by atoms with Crippen LogP contribution in [0.15, 0.2) is 175 Å². The monoisotopic (exact) mass is 994 g/mol. The second-order valence-corrected chi connectivity index (χ2v) is 20.6. The molecular formula is C58H62N2O11S. The fourth-order valence-corrected chi connectivity index (χ4v) is 10.5. The van der Waals surface area contributed by atoms with Crippen LogP contribution in [0, 0.1) is 6.92 Å². The molecule has 13 nitrogen and oxygen atoms in total. The standard InChI is InChI=1S/C58H62N2O11S/c1-40-30-32-45(33-31-40)72(63,64)60-49-29-19-18-28-46(49)47(34-48(56(61)65-5)59-57(62)71-58(2,3)4)51(60)53-55(69-38-44-26-16-9-17-27-44)54(68-37-43-24-14-8-15-25-43)52(67-36-42-22-12-7-13-23-42)50(70-53)39-66-35-41-20-10-6-11-21-41/h6-33,48,50,52-55H,34-39H2,1-5H3,(H,59,62)/t48-,50+,52+,53+,54-,55-/m0/s1. The van der Waals surface area contributed by atoms with Crippen molar-refractivity contribution < 1.29 is 51.2 Å². The summed E-state index contributed by atoms with van der Waals surface area (Å²) in [6.45, 7) is 7.63. The number of ether oxygens (including phenoxy) is 7. The van der Waals surface area contributed by atoms with E-state index in [0.29, 0.717) is 16.5 Å². The van der Waals surface area contributed by atoms with Gasteiger partial charge >= 0.3 is 12.1 Å². The Labute approximate surface area is 422 Å². The van der Waals surface area contributed by atoms with Gasteiger partial charge in [0.25, 0.3) is 10.0 Å². The Hall–Kier alpha value is -6.65. The normalized spacial score (nSPS) is 18.6. The molecule has 0 unspecified atom stereocenters. The Morgan fingerprint density at radius 3 is 1.65 bits per heavy atom. The number of nitrogens with one attached hydrogen (secondary N) is 1. The van der Waals surface area contributed by atoms with E-state index in [-0.39, 0.29) is 50.0 Å². The lowest BCUT2D eigenvalue weighted by Gasteiger charge is -2.46. The van der Waals surface area contributed by atoms with E-state index >= 15 is 8.42 Å². The van der Waals surface area contributed by atoms with Gasteiger partial charge in [0, 0.05) is 11.8 Å². The topological polar surface area (TPSA) is 150 Å². The van der Waals surface area contributed by atoms with Gasteiger partial charge in [0.15, 0.2) is 0 Å². The van der Waals surface area contributed by atoms with E-state index in [1.165, 1.54) is 11.1 Å². The largest absolute Gasteiger partial charge is 0.467 e. The summed E-state index contributed by atoms with van der Waals surface area (Å²) in [5.74, 6) is -0.780. The zero-order valence-electron chi connectivity index (χ0n) is 41.2. The van der Waals surface area contributed by atoms with Crippen LogP contribution < -0.4 is 5.32 Å². The number of hydrogen-bond acceptors (Lipinski definition) is 11. The highest BCUT2D eigenvalue weighted by molar-refractivity contribution is 7.90. The van der Waals surface area contributed by atoms with Crippen LogP contribution in [0.2, 0.25) is 0 Å². The molecule has 1 aromatic heterocycles. The number of amides is 1. The van der Waals surface area contributed by atoms with Crippen LogP contribution in [0.4, 0.5) is 4.79 Å². The lowest BCUT2D eigenvalue weighted by Crippen LogP contribution is -2.58. The first-order valence-electron chi connectivity index (χ1n) is 24.0. The van der Waals surface area contributed by atoms with Gasteiger partial charge in [-0.2, -0.15) is 0 Å². The number of nitrogens with zero attached hydrogens (tertiary/aromatic N) is 1. The molecule has 14 heteroatoms. The predicted octanol–water partition coefficient (Wildman–Crippen LogP) is 10.2. The highest BCUT2D eigenvalue weighted by Crippen LogP contribution is 2.44. The molecule has 1 aliphatic heterocycles. The van der Waals surface area contributed by atoms with Gasteiger partial charge in [-0.1, -0.05) is 157 Å². The van der Waals surface area contributed by atoms with Gasteiger partial charge in [-0.05, 0) is 73.7 Å². The van der Waals surface area contributed by atoms with Crippen LogP contribution in [0.5, 0.6) is 0 Å². The number of fused-ring (bicyclic) bond motifs is 1. The molecular weight excluding hydrogens is 933 g/mol. The number of methoxy groups -OCH3 is 1. The SMILES string of the molecule is COC(=O)[C@H](Cc1c([C@H]2O[C@H](COCc3ccccc3)[C@@H](OCc3ccccc3)[C@H](OCc3ccccc3)[C@H]2OCc2ccccc2)n(S(=O)(=O)c2ccc(C)cc2)c2ccccc12)NC(=O)OC(C)(C)C. The van der Waals surface area contributed by atoms with Gasteiger partial charge in [-0.25, -0.2) is 22.0 Å². The van der Waals surface area contributed by atoms with Crippen LogP contribution in [-0.2, 0) is 80.8 Å². The summed E-state index contributed by atoms with van der Waals surface area (Å²) in [6.07, 6.45) is -6.17. The van der Waals surface area contributed by atoms with Gasteiger partial charge in [-0.15, -0.1) is 0 Å². The molecule has 8 rings (SSSR count). The average Bonchev–Trinajstić information content (AvgIpc) is 3.71. The molecule has 376 valence electrons. The fourth-order valence-electron chi connectivity index (χ4n) is 8.87. The van der Waals surface area contributed by atoms with E-state index in [9.17, 15) is 9.59 Å². The molecule has 0 radical (unpaired) electrons. The minimum absolute atomic E-state index is 0.00723. The van der Waals surface area contributed by atoms with Crippen molar-refractivity contribution in [1.29, 1.82) is 0 Å². The van der Waals surface area contributed by atoms with Crippen molar-refractivity contribution >= 4 is 33.0 Å². The first kappa shape index (κ1) is 51.7. The third kappa shape index (κ3) is 12.9. The van der Waals surface area contributed by atoms with Crippen molar-refractivity contribution in [3.8, 4) is 0 Å². The molecule has 1 aliphatic rings. The molecule has 1 amide bonds.